The van der Waals surface area contributed by atoms with Gasteiger partial charge in [-0.3, -0.25) is 19.5 Å². The highest BCUT2D eigenvalue weighted by atomic mass is 32.2. The predicted octanol–water partition coefficient (Wildman–Crippen LogP) is 0.909. The first kappa shape index (κ1) is 20.3. The van der Waals surface area contributed by atoms with Gasteiger partial charge in [0.1, 0.15) is 5.39 Å². The number of nitrogens with zero attached hydrogens (tertiary/aromatic N) is 5. The van der Waals surface area contributed by atoms with Crippen LogP contribution in [0.15, 0.2) is 17.1 Å². The fourth-order valence-corrected chi connectivity index (χ4v) is 5.66. The largest absolute Gasteiger partial charge is 0.382 e. The van der Waals surface area contributed by atoms with E-state index in [9.17, 15) is 13.2 Å². The van der Waals surface area contributed by atoms with Gasteiger partial charge in [-0.25, -0.2) is 8.42 Å². The van der Waals surface area contributed by atoms with Crippen LogP contribution in [0.25, 0.3) is 22.2 Å². The van der Waals surface area contributed by atoms with Crippen LogP contribution in [0, 0.1) is 5.92 Å². The van der Waals surface area contributed by atoms with Gasteiger partial charge in [0.05, 0.1) is 28.4 Å². The number of nitrogens with one attached hydrogen (secondary N) is 1. The highest BCUT2D eigenvalue weighted by Crippen LogP contribution is 2.40. The van der Waals surface area contributed by atoms with Crippen molar-refractivity contribution in [3.8, 4) is 11.3 Å². The van der Waals surface area contributed by atoms with E-state index in [2.05, 4.69) is 22.0 Å². The maximum atomic E-state index is 13.1. The number of aryl methyl sites for hydroxylation is 1. The summed E-state index contributed by atoms with van der Waals surface area (Å²) in [6, 6.07) is 2.08. The van der Waals surface area contributed by atoms with E-state index < -0.39 is 9.84 Å². The minimum atomic E-state index is -2.92. The van der Waals surface area contributed by atoms with Gasteiger partial charge in [-0.2, -0.15) is 10.2 Å². The van der Waals surface area contributed by atoms with Gasteiger partial charge in [-0.15, -0.1) is 0 Å². The molecule has 0 bridgehead atoms. The van der Waals surface area contributed by atoms with Crippen LogP contribution in [0.4, 0.5) is 5.82 Å². The van der Waals surface area contributed by atoms with Gasteiger partial charge in [-0.1, -0.05) is 0 Å². The van der Waals surface area contributed by atoms with Gasteiger partial charge >= 0.3 is 0 Å². The summed E-state index contributed by atoms with van der Waals surface area (Å²) < 4.78 is 27.0. The molecule has 0 radical (unpaired) electrons. The summed E-state index contributed by atoms with van der Waals surface area (Å²) in [7, 11) is -1.04. The lowest BCUT2D eigenvalue weighted by Crippen LogP contribution is -2.40. The summed E-state index contributed by atoms with van der Waals surface area (Å²) in [6.45, 7) is 3.73. The summed E-state index contributed by atoms with van der Waals surface area (Å²) in [5.74, 6) is 1.08. The first-order chi connectivity index (χ1) is 14.7. The molecule has 3 aromatic heterocycles. The van der Waals surface area contributed by atoms with Crippen LogP contribution in [0.5, 0.6) is 0 Å². The molecule has 1 saturated heterocycles. The quantitative estimate of drug-likeness (QED) is 0.596. The molecule has 0 amide bonds. The number of fused-ring (bicyclic) bond motifs is 1. The fourth-order valence-electron chi connectivity index (χ4n) is 4.38. The third-order valence-corrected chi connectivity index (χ3v) is 8.21. The third-order valence-electron chi connectivity index (χ3n) is 6.60. The standard InChI is InChI=1S/C20H27N7O3S/c1-12(13-3-4-13)27-11-15(18-17(20(27)28)19(21)23-22-18)16-9-14(25(2)24-16)10-26-5-7-31(29,30)8-6-26/h9,11-13H,3-8,10H2,1-2H3,(H3,21,22,23). The van der Waals surface area contributed by atoms with E-state index in [1.54, 1.807) is 4.57 Å². The van der Waals surface area contributed by atoms with Crippen molar-refractivity contribution in [1.82, 2.24) is 29.4 Å². The van der Waals surface area contributed by atoms with E-state index in [4.69, 9.17) is 10.8 Å². The molecule has 2 aliphatic rings. The Morgan fingerprint density at radius 1 is 1.29 bits per heavy atom. The molecule has 1 unspecified atom stereocenters. The number of H-pyrrole nitrogens is 1. The minimum absolute atomic E-state index is 0.0865. The number of hydrogen-bond donors (Lipinski definition) is 2. The van der Waals surface area contributed by atoms with Crippen molar-refractivity contribution >= 4 is 26.6 Å². The first-order valence-electron chi connectivity index (χ1n) is 10.6. The first-order valence-corrected chi connectivity index (χ1v) is 12.4. The maximum absolute atomic E-state index is 13.1. The number of sulfone groups is 1. The second-order valence-electron chi connectivity index (χ2n) is 8.76. The maximum Gasteiger partial charge on any atom is 0.264 e. The van der Waals surface area contributed by atoms with Gasteiger partial charge in [-0.05, 0) is 31.7 Å². The Balaban J connectivity index is 1.53. The molecule has 1 saturated carbocycles. The Labute approximate surface area is 179 Å². The lowest BCUT2D eigenvalue weighted by Gasteiger charge is -2.26. The second-order valence-corrected chi connectivity index (χ2v) is 11.1. The molecule has 10 nitrogen and oxygen atoms in total. The van der Waals surface area contributed by atoms with Crippen molar-refractivity contribution in [3.63, 3.8) is 0 Å². The summed E-state index contributed by atoms with van der Waals surface area (Å²) in [5, 5.41) is 12.1. The summed E-state index contributed by atoms with van der Waals surface area (Å²) in [5.41, 5.74) is 8.98. The Bertz CT molecular complexity index is 1300. The van der Waals surface area contributed by atoms with Crippen LogP contribution in [0.2, 0.25) is 0 Å². The average molecular weight is 446 g/mol. The molecule has 3 N–H and O–H groups in total. The van der Waals surface area contributed by atoms with Gasteiger partial charge < -0.3 is 10.3 Å². The smallest absolute Gasteiger partial charge is 0.264 e. The Hall–Kier alpha value is -2.66. The summed E-state index contributed by atoms with van der Waals surface area (Å²) in [4.78, 5) is 15.2. The van der Waals surface area contributed by atoms with Gasteiger partial charge in [0.2, 0.25) is 0 Å². The number of pyridine rings is 1. The zero-order valence-corrected chi connectivity index (χ0v) is 18.5. The number of aromatic nitrogens is 5. The zero-order chi connectivity index (χ0) is 21.9. The number of aromatic amines is 1. The number of nitrogens with two attached hydrogens (primary N) is 1. The minimum Gasteiger partial charge on any atom is -0.382 e. The van der Waals surface area contributed by atoms with E-state index in [0.29, 0.717) is 36.5 Å². The number of anilines is 1. The third kappa shape index (κ3) is 3.65. The highest BCUT2D eigenvalue weighted by molar-refractivity contribution is 7.91. The van der Waals surface area contributed by atoms with E-state index >= 15 is 0 Å². The monoisotopic (exact) mass is 445 g/mol. The summed E-state index contributed by atoms with van der Waals surface area (Å²) in [6.07, 6.45) is 4.12. The topological polar surface area (TPSA) is 132 Å². The van der Waals surface area contributed by atoms with Gasteiger partial charge in [0.15, 0.2) is 15.7 Å². The molecule has 11 heteroatoms. The van der Waals surface area contributed by atoms with Crippen LogP contribution >= 0.6 is 0 Å². The number of rotatable bonds is 5. The second kappa shape index (κ2) is 7.20. The molecule has 0 aromatic carbocycles. The van der Waals surface area contributed by atoms with Crippen molar-refractivity contribution in [2.75, 3.05) is 30.3 Å². The van der Waals surface area contributed by atoms with Crippen LogP contribution in [0.3, 0.4) is 0 Å². The van der Waals surface area contributed by atoms with E-state index in [0.717, 1.165) is 29.8 Å². The Morgan fingerprint density at radius 2 is 2.00 bits per heavy atom. The van der Waals surface area contributed by atoms with E-state index in [1.807, 2.05) is 24.0 Å². The normalized spacial score (nSPS) is 20.3. The Kier molecular flexibility index (Phi) is 4.70. The molecule has 4 heterocycles. The molecule has 1 aliphatic heterocycles. The molecule has 0 spiro atoms. The molecule has 1 aliphatic carbocycles. The van der Waals surface area contributed by atoms with Gasteiger partial charge in [0.25, 0.3) is 5.56 Å². The average Bonchev–Trinajstić information content (AvgIpc) is 3.41. The molecule has 31 heavy (non-hydrogen) atoms. The SMILES string of the molecule is CC(C1CC1)n1cc(-c2cc(CN3CCS(=O)(=O)CC3)n(C)n2)c2[nH]nc(N)c2c1=O. The van der Waals surface area contributed by atoms with E-state index in [-0.39, 0.29) is 28.9 Å². The van der Waals surface area contributed by atoms with Crippen LogP contribution < -0.4 is 11.3 Å². The molecule has 2 fully saturated rings. The van der Waals surface area contributed by atoms with E-state index in [1.165, 1.54) is 0 Å². The molecular formula is C20H27N7O3S. The van der Waals surface area contributed by atoms with Crippen molar-refractivity contribution in [2.45, 2.75) is 32.4 Å². The Morgan fingerprint density at radius 3 is 2.68 bits per heavy atom. The molecular weight excluding hydrogens is 418 g/mol. The number of nitrogen functional groups attached to an aromatic ring is 1. The van der Waals surface area contributed by atoms with Crippen LogP contribution in [-0.2, 0) is 23.4 Å². The lowest BCUT2D eigenvalue weighted by atomic mass is 10.1. The summed E-state index contributed by atoms with van der Waals surface area (Å²) >= 11 is 0. The highest BCUT2D eigenvalue weighted by Gasteiger charge is 2.31. The van der Waals surface area contributed by atoms with Gasteiger partial charge in [0, 0.05) is 44.5 Å². The molecule has 1 atom stereocenters. The fraction of sp³-hybridized carbons (Fsp3) is 0.550. The molecule has 166 valence electrons. The van der Waals surface area contributed by atoms with Crippen LogP contribution in [0.1, 0.15) is 31.5 Å². The van der Waals surface area contributed by atoms with Crippen molar-refractivity contribution in [2.24, 2.45) is 13.0 Å². The van der Waals surface area contributed by atoms with Crippen molar-refractivity contribution < 1.29 is 8.42 Å². The number of hydrogen-bond acceptors (Lipinski definition) is 7. The molecule has 3 aromatic rings. The lowest BCUT2D eigenvalue weighted by molar-refractivity contribution is 0.280. The van der Waals surface area contributed by atoms with Crippen molar-refractivity contribution in [3.05, 3.63) is 28.3 Å². The van der Waals surface area contributed by atoms with Crippen molar-refractivity contribution in [1.29, 1.82) is 0 Å². The van der Waals surface area contributed by atoms with Crippen LogP contribution in [-0.4, -0.2) is 62.5 Å². The predicted molar refractivity (Wildman–Crippen MR) is 118 cm³/mol. The zero-order valence-electron chi connectivity index (χ0n) is 17.7. The molecule has 5 rings (SSSR count).